The van der Waals surface area contributed by atoms with E-state index in [1.165, 1.54) is 6.20 Å². The lowest BCUT2D eigenvalue weighted by Gasteiger charge is -2.39. The summed E-state index contributed by atoms with van der Waals surface area (Å²) in [6.07, 6.45) is -0.0980. The molecule has 2 aromatic rings. The third-order valence-electron chi connectivity index (χ3n) is 4.91. The van der Waals surface area contributed by atoms with E-state index in [0.717, 1.165) is 6.07 Å². The van der Waals surface area contributed by atoms with Gasteiger partial charge in [-0.05, 0) is 38.0 Å². The molecular weight excluding hydrogens is 366 g/mol. The van der Waals surface area contributed by atoms with Gasteiger partial charge in [-0.2, -0.15) is 0 Å². The average Bonchev–Trinajstić information content (AvgIpc) is 2.72. The first kappa shape index (κ1) is 19.9. The molecule has 0 spiro atoms. The molecule has 2 amide bonds. The van der Waals surface area contributed by atoms with Crippen LogP contribution in [-0.2, 0) is 11.3 Å². The van der Waals surface area contributed by atoms with Gasteiger partial charge in [-0.15, -0.1) is 0 Å². The Labute approximate surface area is 162 Å². The summed E-state index contributed by atoms with van der Waals surface area (Å²) in [7, 11) is 0. The molecule has 1 aliphatic heterocycles. The number of piperidine rings is 1. The summed E-state index contributed by atoms with van der Waals surface area (Å²) in [4.78, 5) is 34.8. The van der Waals surface area contributed by atoms with Crippen molar-refractivity contribution in [1.82, 2.24) is 20.2 Å². The number of hydrogen-bond acceptors (Lipinski definition) is 4. The Morgan fingerprint density at radius 1 is 1.25 bits per heavy atom. The molecule has 148 valence electrons. The van der Waals surface area contributed by atoms with Crippen LogP contribution >= 0.6 is 0 Å². The predicted octanol–water partition coefficient (Wildman–Crippen LogP) is 2.97. The fraction of sp³-hybridized carbons (Fsp3) is 0.400. The Hall–Kier alpha value is -2.90. The summed E-state index contributed by atoms with van der Waals surface area (Å²) in [5, 5.41) is 2.73. The molecule has 1 atom stereocenters. The van der Waals surface area contributed by atoms with Crippen molar-refractivity contribution in [1.29, 1.82) is 0 Å². The third kappa shape index (κ3) is 4.49. The molecule has 28 heavy (non-hydrogen) atoms. The van der Waals surface area contributed by atoms with E-state index in [2.05, 4.69) is 15.3 Å². The number of amides is 2. The number of carbonyl (C=O) groups is 2. The maximum absolute atomic E-state index is 12.8. The van der Waals surface area contributed by atoms with E-state index in [1.54, 1.807) is 29.2 Å². The number of benzene rings is 1. The second-order valence-electron chi connectivity index (χ2n) is 7.14. The number of nitrogens with zero attached hydrogens (tertiary/aromatic N) is 3. The molecule has 1 aromatic carbocycles. The Morgan fingerprint density at radius 2 is 2.00 bits per heavy atom. The monoisotopic (exact) mass is 388 g/mol. The standard InChI is InChI=1S/C20H22F2N4O2/c1-20(19(28)24-12-16-23-10-8-15(25-16)17(21)22)9-5-11-26(13-20)18(27)14-6-3-2-4-7-14/h2-4,6-8,10,17H,5,9,11-13H2,1H3,(H,24,28). The topological polar surface area (TPSA) is 75.2 Å². The van der Waals surface area contributed by atoms with E-state index in [1.807, 2.05) is 13.0 Å². The van der Waals surface area contributed by atoms with Gasteiger partial charge in [-0.3, -0.25) is 9.59 Å². The Bertz CT molecular complexity index is 847. The zero-order valence-electron chi connectivity index (χ0n) is 15.6. The minimum Gasteiger partial charge on any atom is -0.348 e. The third-order valence-corrected chi connectivity index (χ3v) is 4.91. The molecule has 6 nitrogen and oxygen atoms in total. The number of nitrogens with one attached hydrogen (secondary N) is 1. The highest BCUT2D eigenvalue weighted by molar-refractivity contribution is 5.95. The number of hydrogen-bond donors (Lipinski definition) is 1. The van der Waals surface area contributed by atoms with Crippen LogP contribution in [0.15, 0.2) is 42.6 Å². The summed E-state index contributed by atoms with van der Waals surface area (Å²) >= 11 is 0. The maximum Gasteiger partial charge on any atom is 0.280 e. The van der Waals surface area contributed by atoms with Crippen LogP contribution in [0.25, 0.3) is 0 Å². The molecule has 1 fully saturated rings. The summed E-state index contributed by atoms with van der Waals surface area (Å²) < 4.78 is 25.5. The smallest absolute Gasteiger partial charge is 0.280 e. The Morgan fingerprint density at radius 3 is 2.71 bits per heavy atom. The van der Waals surface area contributed by atoms with Crippen molar-refractivity contribution >= 4 is 11.8 Å². The van der Waals surface area contributed by atoms with E-state index in [-0.39, 0.29) is 29.9 Å². The fourth-order valence-corrected chi connectivity index (χ4v) is 3.36. The predicted molar refractivity (Wildman–Crippen MR) is 98.5 cm³/mol. The number of likely N-dealkylation sites (tertiary alicyclic amines) is 1. The lowest BCUT2D eigenvalue weighted by atomic mass is 9.80. The second-order valence-corrected chi connectivity index (χ2v) is 7.14. The molecule has 1 aromatic heterocycles. The average molecular weight is 388 g/mol. The van der Waals surface area contributed by atoms with Gasteiger partial charge in [0.1, 0.15) is 11.5 Å². The van der Waals surface area contributed by atoms with Crippen molar-refractivity contribution in [3.63, 3.8) is 0 Å². The van der Waals surface area contributed by atoms with Gasteiger partial charge in [0.25, 0.3) is 12.3 Å². The summed E-state index contributed by atoms with van der Waals surface area (Å²) in [5.74, 6) is -0.223. The summed E-state index contributed by atoms with van der Waals surface area (Å²) in [6.45, 7) is 2.66. The van der Waals surface area contributed by atoms with Gasteiger partial charge in [-0.25, -0.2) is 18.7 Å². The summed E-state index contributed by atoms with van der Waals surface area (Å²) in [6, 6.07) is 10.1. The molecule has 0 saturated carbocycles. The van der Waals surface area contributed by atoms with Gasteiger partial charge in [0.15, 0.2) is 0 Å². The van der Waals surface area contributed by atoms with Gasteiger partial charge >= 0.3 is 0 Å². The number of rotatable bonds is 5. The molecule has 1 unspecified atom stereocenters. The molecule has 1 saturated heterocycles. The van der Waals surface area contributed by atoms with Crippen molar-refractivity contribution in [3.8, 4) is 0 Å². The first-order chi connectivity index (χ1) is 13.4. The summed E-state index contributed by atoms with van der Waals surface area (Å²) in [5.41, 5.74) is -0.546. The molecule has 0 bridgehead atoms. The van der Waals surface area contributed by atoms with Crippen LogP contribution in [0.2, 0.25) is 0 Å². The second kappa shape index (κ2) is 8.41. The molecule has 0 radical (unpaired) electrons. The van der Waals surface area contributed by atoms with Gasteiger partial charge in [0.2, 0.25) is 5.91 Å². The zero-order valence-corrected chi connectivity index (χ0v) is 15.6. The van der Waals surface area contributed by atoms with Gasteiger partial charge in [-0.1, -0.05) is 18.2 Å². The number of aromatic nitrogens is 2. The number of halogens is 2. The van der Waals surface area contributed by atoms with Gasteiger partial charge in [0.05, 0.1) is 12.0 Å². The fourth-order valence-electron chi connectivity index (χ4n) is 3.36. The van der Waals surface area contributed by atoms with Crippen LogP contribution in [0.5, 0.6) is 0 Å². The zero-order chi connectivity index (χ0) is 20.1. The van der Waals surface area contributed by atoms with Crippen LogP contribution < -0.4 is 5.32 Å². The molecule has 3 rings (SSSR count). The van der Waals surface area contributed by atoms with Crippen molar-refractivity contribution in [3.05, 3.63) is 59.7 Å². The highest BCUT2D eigenvalue weighted by atomic mass is 19.3. The van der Waals surface area contributed by atoms with E-state index < -0.39 is 11.8 Å². The van der Waals surface area contributed by atoms with Crippen molar-refractivity contribution in [2.24, 2.45) is 5.41 Å². The minimum absolute atomic E-state index is 0.0401. The van der Waals surface area contributed by atoms with E-state index >= 15 is 0 Å². The van der Waals surface area contributed by atoms with Gasteiger partial charge < -0.3 is 10.2 Å². The molecule has 1 N–H and O–H groups in total. The van der Waals surface area contributed by atoms with Crippen LogP contribution in [0.1, 0.15) is 48.1 Å². The molecule has 2 heterocycles. The van der Waals surface area contributed by atoms with Crippen LogP contribution in [0.4, 0.5) is 8.78 Å². The van der Waals surface area contributed by atoms with E-state index in [0.29, 0.717) is 31.5 Å². The first-order valence-corrected chi connectivity index (χ1v) is 9.12. The quantitative estimate of drug-likeness (QED) is 0.855. The number of carbonyl (C=O) groups excluding carboxylic acids is 2. The highest BCUT2D eigenvalue weighted by Crippen LogP contribution is 2.30. The molecular formula is C20H22F2N4O2. The van der Waals surface area contributed by atoms with Crippen molar-refractivity contribution in [2.45, 2.75) is 32.7 Å². The van der Waals surface area contributed by atoms with Crippen molar-refractivity contribution in [2.75, 3.05) is 13.1 Å². The largest absolute Gasteiger partial charge is 0.348 e. The normalized spacial score (nSPS) is 19.5. The molecule has 1 aliphatic rings. The molecule has 8 heteroatoms. The Balaban J connectivity index is 1.64. The number of alkyl halides is 2. The SMILES string of the molecule is CC1(C(=O)NCc2nccc(C(F)F)n2)CCCN(C(=O)c2ccccc2)C1. The maximum atomic E-state index is 12.8. The Kier molecular flexibility index (Phi) is 5.96. The van der Waals surface area contributed by atoms with Crippen LogP contribution in [0, 0.1) is 5.41 Å². The van der Waals surface area contributed by atoms with Crippen molar-refractivity contribution < 1.29 is 18.4 Å². The van der Waals surface area contributed by atoms with E-state index in [4.69, 9.17) is 0 Å². The first-order valence-electron chi connectivity index (χ1n) is 9.12. The lowest BCUT2D eigenvalue weighted by Crippen LogP contribution is -2.51. The van der Waals surface area contributed by atoms with Gasteiger partial charge in [0, 0.05) is 24.8 Å². The van der Waals surface area contributed by atoms with E-state index in [9.17, 15) is 18.4 Å². The van der Waals surface area contributed by atoms with Crippen LogP contribution in [-0.4, -0.2) is 39.8 Å². The molecule has 0 aliphatic carbocycles. The minimum atomic E-state index is -2.69. The van der Waals surface area contributed by atoms with Crippen LogP contribution in [0.3, 0.4) is 0 Å². The lowest BCUT2D eigenvalue weighted by molar-refractivity contribution is -0.132. The highest BCUT2D eigenvalue weighted by Gasteiger charge is 2.39.